The van der Waals surface area contributed by atoms with E-state index < -0.39 is 0 Å². The van der Waals surface area contributed by atoms with Gasteiger partial charge in [0.1, 0.15) is 0 Å². The second-order valence-corrected chi connectivity index (χ2v) is 4.77. The van der Waals surface area contributed by atoms with E-state index in [1.165, 1.54) is 18.5 Å². The number of nitrogens with two attached hydrogens (primary N) is 1. The van der Waals surface area contributed by atoms with Crippen molar-refractivity contribution in [2.45, 2.75) is 31.8 Å². The first-order valence-electron chi connectivity index (χ1n) is 5.34. The summed E-state index contributed by atoms with van der Waals surface area (Å²) in [7, 11) is 0. The Morgan fingerprint density at radius 3 is 3.14 bits per heavy atom. The molecule has 1 aliphatic rings. The second kappa shape index (κ2) is 4.43. The fourth-order valence-corrected chi connectivity index (χ4v) is 3.01. The molecule has 1 saturated heterocycles. The van der Waals surface area contributed by atoms with Crippen molar-refractivity contribution in [2.24, 2.45) is 5.73 Å². The molecule has 78 valence electrons. The van der Waals surface area contributed by atoms with E-state index in [4.69, 9.17) is 5.73 Å². The molecule has 1 fully saturated rings. The second-order valence-electron chi connectivity index (χ2n) is 3.99. The third-order valence-corrected chi connectivity index (χ3v) is 3.65. The highest BCUT2D eigenvalue weighted by Gasteiger charge is 2.32. The molecular weight excluding hydrogens is 192 g/mol. The highest BCUT2D eigenvalue weighted by molar-refractivity contribution is 7.07. The van der Waals surface area contributed by atoms with Gasteiger partial charge in [0.2, 0.25) is 0 Å². The quantitative estimate of drug-likeness (QED) is 0.829. The topological polar surface area (TPSA) is 29.3 Å². The van der Waals surface area contributed by atoms with Crippen molar-refractivity contribution in [3.05, 3.63) is 22.4 Å². The van der Waals surface area contributed by atoms with Crippen molar-refractivity contribution in [1.82, 2.24) is 4.90 Å². The molecule has 0 unspecified atom stereocenters. The zero-order valence-corrected chi connectivity index (χ0v) is 9.46. The average molecular weight is 210 g/mol. The fourth-order valence-electron chi connectivity index (χ4n) is 2.32. The summed E-state index contributed by atoms with van der Waals surface area (Å²) in [6.07, 6.45) is 2.36. The number of rotatable bonds is 3. The number of nitrogens with zero attached hydrogens (tertiary/aromatic N) is 1. The Balaban J connectivity index is 2.13. The van der Waals surface area contributed by atoms with E-state index in [1.54, 1.807) is 11.3 Å². The molecule has 14 heavy (non-hydrogen) atoms. The van der Waals surface area contributed by atoms with E-state index in [1.807, 2.05) is 0 Å². The summed E-state index contributed by atoms with van der Waals surface area (Å²) in [6.45, 7) is 4.57. The Kier molecular flexibility index (Phi) is 3.21. The molecule has 1 aromatic rings. The average Bonchev–Trinajstić information content (AvgIpc) is 2.76. The SMILES string of the molecule is CCCN1CC[C@H](N)[C@H]1c1ccsc1. The molecule has 0 bridgehead atoms. The summed E-state index contributed by atoms with van der Waals surface area (Å²) in [5.41, 5.74) is 7.56. The molecule has 0 aliphatic carbocycles. The molecule has 0 saturated carbocycles. The van der Waals surface area contributed by atoms with Crippen LogP contribution >= 0.6 is 11.3 Å². The normalized spacial score (nSPS) is 28.4. The van der Waals surface area contributed by atoms with Gasteiger partial charge in [0.05, 0.1) is 6.04 Å². The zero-order chi connectivity index (χ0) is 9.97. The summed E-state index contributed by atoms with van der Waals surface area (Å²) in [5, 5.41) is 4.38. The predicted molar refractivity (Wildman–Crippen MR) is 61.5 cm³/mol. The van der Waals surface area contributed by atoms with Crippen LogP contribution in [0.15, 0.2) is 16.8 Å². The Hall–Kier alpha value is -0.380. The van der Waals surface area contributed by atoms with Crippen LogP contribution in [0.2, 0.25) is 0 Å². The van der Waals surface area contributed by atoms with E-state index in [2.05, 4.69) is 28.7 Å². The van der Waals surface area contributed by atoms with Crippen LogP contribution in [0, 0.1) is 0 Å². The van der Waals surface area contributed by atoms with Crippen molar-refractivity contribution in [1.29, 1.82) is 0 Å². The molecule has 0 amide bonds. The van der Waals surface area contributed by atoms with Gasteiger partial charge in [0.25, 0.3) is 0 Å². The van der Waals surface area contributed by atoms with Crippen molar-refractivity contribution in [3.63, 3.8) is 0 Å². The van der Waals surface area contributed by atoms with Gasteiger partial charge in [-0.05, 0) is 41.8 Å². The van der Waals surface area contributed by atoms with Crippen molar-refractivity contribution < 1.29 is 0 Å². The zero-order valence-electron chi connectivity index (χ0n) is 8.65. The van der Waals surface area contributed by atoms with E-state index in [9.17, 15) is 0 Å². The first kappa shape index (κ1) is 10.1. The van der Waals surface area contributed by atoms with E-state index in [0.717, 1.165) is 13.0 Å². The predicted octanol–water partition coefficient (Wildman–Crippen LogP) is 2.23. The van der Waals surface area contributed by atoms with E-state index in [-0.39, 0.29) is 0 Å². The van der Waals surface area contributed by atoms with Crippen LogP contribution in [-0.2, 0) is 0 Å². The largest absolute Gasteiger partial charge is 0.326 e. The minimum Gasteiger partial charge on any atom is -0.326 e. The van der Waals surface area contributed by atoms with Crippen LogP contribution < -0.4 is 5.73 Å². The third kappa shape index (κ3) is 1.85. The molecule has 1 aliphatic heterocycles. The third-order valence-electron chi connectivity index (χ3n) is 2.94. The van der Waals surface area contributed by atoms with Crippen LogP contribution in [0.3, 0.4) is 0 Å². The summed E-state index contributed by atoms with van der Waals surface area (Å²) in [4.78, 5) is 2.52. The van der Waals surface area contributed by atoms with Gasteiger partial charge in [0, 0.05) is 12.6 Å². The Labute approximate surface area is 89.7 Å². The fraction of sp³-hybridized carbons (Fsp3) is 0.636. The molecule has 2 atom stereocenters. The molecule has 0 spiro atoms. The summed E-state index contributed by atoms with van der Waals surface area (Å²) < 4.78 is 0. The smallest absolute Gasteiger partial charge is 0.0507 e. The molecule has 2 N–H and O–H groups in total. The maximum Gasteiger partial charge on any atom is 0.0507 e. The number of hydrogen-bond donors (Lipinski definition) is 1. The van der Waals surface area contributed by atoms with Gasteiger partial charge in [-0.15, -0.1) is 0 Å². The van der Waals surface area contributed by atoms with Gasteiger partial charge in [-0.2, -0.15) is 11.3 Å². The van der Waals surface area contributed by atoms with Crippen LogP contribution in [-0.4, -0.2) is 24.0 Å². The molecule has 2 rings (SSSR count). The van der Waals surface area contributed by atoms with E-state index in [0.29, 0.717) is 12.1 Å². The molecule has 0 aromatic carbocycles. The van der Waals surface area contributed by atoms with Crippen LogP contribution in [0.1, 0.15) is 31.4 Å². The number of hydrogen-bond acceptors (Lipinski definition) is 3. The lowest BCUT2D eigenvalue weighted by molar-refractivity contribution is 0.249. The molecular formula is C11H18N2S. The monoisotopic (exact) mass is 210 g/mol. The lowest BCUT2D eigenvalue weighted by atomic mass is 10.0. The van der Waals surface area contributed by atoms with Gasteiger partial charge in [-0.3, -0.25) is 4.90 Å². The van der Waals surface area contributed by atoms with E-state index >= 15 is 0 Å². The summed E-state index contributed by atoms with van der Waals surface area (Å²) >= 11 is 1.77. The summed E-state index contributed by atoms with van der Waals surface area (Å²) in [5.74, 6) is 0. The molecule has 0 radical (unpaired) electrons. The molecule has 3 heteroatoms. The highest BCUT2D eigenvalue weighted by atomic mass is 32.1. The highest BCUT2D eigenvalue weighted by Crippen LogP contribution is 2.32. The first-order chi connectivity index (χ1) is 6.83. The Bertz CT molecular complexity index is 269. The molecule has 1 aromatic heterocycles. The standard InChI is InChI=1S/C11H18N2S/c1-2-5-13-6-3-10(12)11(13)9-4-7-14-8-9/h4,7-8,10-11H,2-3,5-6,12H2,1H3/t10-,11+/m0/s1. The molecule has 2 nitrogen and oxygen atoms in total. The first-order valence-corrected chi connectivity index (χ1v) is 6.29. The Morgan fingerprint density at radius 2 is 2.50 bits per heavy atom. The minimum atomic E-state index is 0.330. The minimum absolute atomic E-state index is 0.330. The van der Waals surface area contributed by atoms with Gasteiger partial charge in [-0.1, -0.05) is 6.92 Å². The maximum absolute atomic E-state index is 6.15. The molecule has 2 heterocycles. The van der Waals surface area contributed by atoms with Crippen LogP contribution in [0.25, 0.3) is 0 Å². The van der Waals surface area contributed by atoms with Crippen LogP contribution in [0.5, 0.6) is 0 Å². The van der Waals surface area contributed by atoms with Crippen molar-refractivity contribution >= 4 is 11.3 Å². The number of thiophene rings is 1. The van der Waals surface area contributed by atoms with Gasteiger partial charge < -0.3 is 5.73 Å². The lowest BCUT2D eigenvalue weighted by Crippen LogP contribution is -2.31. The van der Waals surface area contributed by atoms with Gasteiger partial charge >= 0.3 is 0 Å². The van der Waals surface area contributed by atoms with Crippen molar-refractivity contribution in [3.8, 4) is 0 Å². The Morgan fingerprint density at radius 1 is 1.64 bits per heavy atom. The summed E-state index contributed by atoms with van der Waals surface area (Å²) in [6, 6.07) is 3.01. The van der Waals surface area contributed by atoms with Gasteiger partial charge in [0.15, 0.2) is 0 Å². The number of likely N-dealkylation sites (tertiary alicyclic amines) is 1. The van der Waals surface area contributed by atoms with Crippen LogP contribution in [0.4, 0.5) is 0 Å². The maximum atomic E-state index is 6.15. The lowest BCUT2D eigenvalue weighted by Gasteiger charge is -2.25. The van der Waals surface area contributed by atoms with Crippen molar-refractivity contribution in [2.75, 3.05) is 13.1 Å². The van der Waals surface area contributed by atoms with Gasteiger partial charge in [-0.25, -0.2) is 0 Å².